The van der Waals surface area contributed by atoms with E-state index in [1.807, 2.05) is 36.4 Å². The first-order valence-electron chi connectivity index (χ1n) is 8.48. The van der Waals surface area contributed by atoms with Gasteiger partial charge in [-0.15, -0.1) is 0 Å². The summed E-state index contributed by atoms with van der Waals surface area (Å²) in [6.07, 6.45) is 0. The summed E-state index contributed by atoms with van der Waals surface area (Å²) in [5.74, 6) is 0.665. The Kier molecular flexibility index (Phi) is 6.08. The number of halogens is 2. The summed E-state index contributed by atoms with van der Waals surface area (Å²) in [5.41, 5.74) is 5.51. The molecule has 26 heavy (non-hydrogen) atoms. The molecule has 0 aliphatic rings. The zero-order valence-corrected chi connectivity index (χ0v) is 16.4. The van der Waals surface area contributed by atoms with E-state index in [-0.39, 0.29) is 0 Å². The Labute approximate surface area is 164 Å². The van der Waals surface area contributed by atoms with E-state index < -0.39 is 0 Å². The van der Waals surface area contributed by atoms with E-state index in [0.717, 1.165) is 16.8 Å². The van der Waals surface area contributed by atoms with Crippen molar-refractivity contribution in [1.82, 2.24) is 0 Å². The number of nitrogens with one attached hydrogen (secondary N) is 1. The highest BCUT2D eigenvalue weighted by molar-refractivity contribution is 6.35. The van der Waals surface area contributed by atoms with Gasteiger partial charge in [-0.2, -0.15) is 0 Å². The average molecular weight is 386 g/mol. The molecule has 0 spiro atoms. The Balaban J connectivity index is 1.80. The molecule has 3 rings (SSSR count). The van der Waals surface area contributed by atoms with Crippen molar-refractivity contribution in [1.29, 1.82) is 0 Å². The zero-order valence-electron chi connectivity index (χ0n) is 14.9. The van der Waals surface area contributed by atoms with Gasteiger partial charge in [0.15, 0.2) is 0 Å². The first kappa shape index (κ1) is 18.6. The van der Waals surface area contributed by atoms with Gasteiger partial charge in [0.05, 0.1) is 5.02 Å². The van der Waals surface area contributed by atoms with Crippen LogP contribution in [0.4, 0.5) is 5.69 Å². The molecule has 4 heteroatoms. The molecule has 0 heterocycles. The molecule has 3 aromatic rings. The topological polar surface area (TPSA) is 21.3 Å². The van der Waals surface area contributed by atoms with Gasteiger partial charge >= 0.3 is 0 Å². The third-order valence-corrected chi connectivity index (χ3v) is 4.67. The van der Waals surface area contributed by atoms with E-state index in [1.165, 1.54) is 11.1 Å². The van der Waals surface area contributed by atoms with Gasteiger partial charge in [0.2, 0.25) is 0 Å². The van der Waals surface area contributed by atoms with Gasteiger partial charge in [-0.1, -0.05) is 65.7 Å². The van der Waals surface area contributed by atoms with E-state index in [4.69, 9.17) is 27.9 Å². The number of benzene rings is 3. The van der Waals surface area contributed by atoms with Gasteiger partial charge in [0.25, 0.3) is 0 Å². The van der Waals surface area contributed by atoms with Crippen LogP contribution in [-0.4, -0.2) is 0 Å². The highest BCUT2D eigenvalue weighted by Gasteiger charge is 2.12. The molecule has 0 atom stereocenters. The summed E-state index contributed by atoms with van der Waals surface area (Å²) in [5, 5.41) is 4.58. The maximum Gasteiger partial charge on any atom is 0.143 e. The third kappa shape index (κ3) is 4.72. The minimum atomic E-state index is 0.457. The molecule has 0 bridgehead atoms. The molecule has 134 valence electrons. The van der Waals surface area contributed by atoms with Crippen LogP contribution in [-0.2, 0) is 13.2 Å². The Hall–Kier alpha value is -2.16. The molecule has 0 aliphatic heterocycles. The van der Waals surface area contributed by atoms with Gasteiger partial charge in [-0.25, -0.2) is 0 Å². The summed E-state index contributed by atoms with van der Waals surface area (Å²) in [6.45, 7) is 5.20. The van der Waals surface area contributed by atoms with Crippen LogP contribution in [0.15, 0.2) is 60.7 Å². The summed E-state index contributed by atoms with van der Waals surface area (Å²) in [6, 6.07) is 20.0. The predicted octanol–water partition coefficient (Wildman–Crippen LogP) is 6.80. The minimum absolute atomic E-state index is 0.457. The summed E-state index contributed by atoms with van der Waals surface area (Å²) >= 11 is 12.6. The Morgan fingerprint density at radius 1 is 0.923 bits per heavy atom. The molecular weight excluding hydrogens is 365 g/mol. The second-order valence-corrected chi connectivity index (χ2v) is 7.17. The molecular formula is C22H21Cl2NO. The minimum Gasteiger partial charge on any atom is -0.487 e. The Bertz CT molecular complexity index is 894. The lowest BCUT2D eigenvalue weighted by molar-refractivity contribution is 0.303. The number of hydrogen-bond donors (Lipinski definition) is 1. The summed E-state index contributed by atoms with van der Waals surface area (Å²) < 4.78 is 6.02. The van der Waals surface area contributed by atoms with E-state index in [0.29, 0.717) is 28.9 Å². The molecule has 1 N–H and O–H groups in total. The smallest absolute Gasteiger partial charge is 0.143 e. The van der Waals surface area contributed by atoms with Gasteiger partial charge in [0, 0.05) is 22.8 Å². The third-order valence-electron chi connectivity index (χ3n) is 4.17. The Morgan fingerprint density at radius 2 is 1.69 bits per heavy atom. The fourth-order valence-electron chi connectivity index (χ4n) is 2.75. The van der Waals surface area contributed by atoms with E-state index in [2.05, 4.69) is 37.4 Å². The molecule has 2 nitrogen and oxygen atoms in total. The Morgan fingerprint density at radius 3 is 2.46 bits per heavy atom. The van der Waals surface area contributed by atoms with Crippen molar-refractivity contribution >= 4 is 28.9 Å². The van der Waals surface area contributed by atoms with Crippen LogP contribution < -0.4 is 10.1 Å². The van der Waals surface area contributed by atoms with Crippen molar-refractivity contribution in [3.05, 3.63) is 93.0 Å². The number of ether oxygens (including phenoxy) is 1. The number of aryl methyl sites for hydroxylation is 2. The predicted molar refractivity (Wildman–Crippen MR) is 110 cm³/mol. The SMILES string of the molecule is Cc1ccc(C)c(NCc2cc(Cl)cc(Cl)c2OCc2ccccc2)c1. The van der Waals surface area contributed by atoms with Crippen molar-refractivity contribution in [3.63, 3.8) is 0 Å². The first-order chi connectivity index (χ1) is 12.5. The molecule has 0 fully saturated rings. The van der Waals surface area contributed by atoms with Gasteiger partial charge in [-0.3, -0.25) is 0 Å². The lowest BCUT2D eigenvalue weighted by atomic mass is 10.1. The average Bonchev–Trinajstić information content (AvgIpc) is 2.62. The first-order valence-corrected chi connectivity index (χ1v) is 9.24. The molecule has 0 radical (unpaired) electrons. The number of rotatable bonds is 6. The standard InChI is InChI=1S/C22H21Cl2NO/c1-15-8-9-16(2)21(10-15)25-13-18-11-19(23)12-20(24)22(18)26-14-17-6-4-3-5-7-17/h3-12,25H,13-14H2,1-2H3. The quantitative estimate of drug-likeness (QED) is 0.503. The molecule has 0 unspecified atom stereocenters. The fourth-order valence-corrected chi connectivity index (χ4v) is 3.34. The van der Waals surface area contributed by atoms with E-state index in [1.54, 1.807) is 6.07 Å². The van der Waals surface area contributed by atoms with Crippen LogP contribution in [0.2, 0.25) is 10.0 Å². The van der Waals surface area contributed by atoms with Crippen LogP contribution in [0.3, 0.4) is 0 Å². The van der Waals surface area contributed by atoms with Crippen LogP contribution in [0.5, 0.6) is 5.75 Å². The van der Waals surface area contributed by atoms with Gasteiger partial charge in [0.1, 0.15) is 12.4 Å². The molecule has 0 saturated carbocycles. The van der Waals surface area contributed by atoms with Crippen LogP contribution in [0, 0.1) is 13.8 Å². The van der Waals surface area contributed by atoms with Crippen molar-refractivity contribution < 1.29 is 4.74 Å². The molecule has 3 aromatic carbocycles. The lowest BCUT2D eigenvalue weighted by Gasteiger charge is -2.16. The van der Waals surface area contributed by atoms with E-state index >= 15 is 0 Å². The molecule has 0 saturated heterocycles. The van der Waals surface area contributed by atoms with Gasteiger partial charge in [-0.05, 0) is 48.7 Å². The van der Waals surface area contributed by atoms with Crippen molar-refractivity contribution in [3.8, 4) is 5.75 Å². The van der Waals surface area contributed by atoms with Crippen molar-refractivity contribution in [2.75, 3.05) is 5.32 Å². The monoisotopic (exact) mass is 385 g/mol. The van der Waals surface area contributed by atoms with E-state index in [9.17, 15) is 0 Å². The highest BCUT2D eigenvalue weighted by atomic mass is 35.5. The zero-order chi connectivity index (χ0) is 18.5. The highest BCUT2D eigenvalue weighted by Crippen LogP contribution is 2.34. The van der Waals surface area contributed by atoms with Crippen LogP contribution in [0.25, 0.3) is 0 Å². The molecule has 0 aliphatic carbocycles. The number of anilines is 1. The second kappa shape index (κ2) is 8.48. The molecule has 0 aromatic heterocycles. The van der Waals surface area contributed by atoms with Gasteiger partial charge < -0.3 is 10.1 Å². The normalized spacial score (nSPS) is 10.6. The van der Waals surface area contributed by atoms with Crippen LogP contribution >= 0.6 is 23.2 Å². The maximum atomic E-state index is 6.40. The fraction of sp³-hybridized carbons (Fsp3) is 0.182. The van der Waals surface area contributed by atoms with Crippen molar-refractivity contribution in [2.45, 2.75) is 27.0 Å². The molecule has 0 amide bonds. The number of hydrogen-bond acceptors (Lipinski definition) is 2. The van der Waals surface area contributed by atoms with Crippen molar-refractivity contribution in [2.24, 2.45) is 0 Å². The maximum absolute atomic E-state index is 6.40. The summed E-state index contributed by atoms with van der Waals surface area (Å²) in [4.78, 5) is 0. The largest absolute Gasteiger partial charge is 0.487 e. The van der Waals surface area contributed by atoms with Crippen LogP contribution in [0.1, 0.15) is 22.3 Å². The lowest BCUT2D eigenvalue weighted by Crippen LogP contribution is -2.05. The second-order valence-electron chi connectivity index (χ2n) is 6.32. The summed E-state index contributed by atoms with van der Waals surface area (Å²) in [7, 11) is 0.